The second kappa shape index (κ2) is 13.1. The maximum absolute atomic E-state index is 13.1. The number of piperidine rings is 1. The van der Waals surface area contributed by atoms with Crippen LogP contribution in [0.15, 0.2) is 4.42 Å². The molecule has 2 N–H and O–H groups in total. The normalized spacial score (nSPS) is 16.4. The maximum atomic E-state index is 13.1. The van der Waals surface area contributed by atoms with Crippen LogP contribution in [-0.4, -0.2) is 63.3 Å². The molecule has 1 fully saturated rings. The number of carbonyl (C=O) groups excluding carboxylic acids is 4. The fourth-order valence-corrected chi connectivity index (χ4v) is 3.86. The van der Waals surface area contributed by atoms with Crippen LogP contribution < -0.4 is 10.6 Å². The second-order valence-electron chi connectivity index (χ2n) is 11.6. The molecule has 0 saturated carbocycles. The first-order valence-corrected chi connectivity index (χ1v) is 13.2. The lowest BCUT2D eigenvalue weighted by atomic mass is 9.95. The SMILES string of the molecule is CC[C@H](NC(=O)OC(C)(C)C)c1nnc([C@H](CCC(C)=O)NC(=O)C2CCN(C(=O)OC(C)(C)C)CC2)o1. The first-order chi connectivity index (χ1) is 17.6. The van der Waals surface area contributed by atoms with Crippen LogP contribution in [0.4, 0.5) is 9.59 Å². The van der Waals surface area contributed by atoms with Crippen molar-refractivity contribution >= 4 is 23.9 Å². The molecule has 1 aromatic heterocycles. The largest absolute Gasteiger partial charge is 0.444 e. The van der Waals surface area contributed by atoms with Gasteiger partial charge in [-0.25, -0.2) is 9.59 Å². The molecule has 12 heteroatoms. The van der Waals surface area contributed by atoms with Gasteiger partial charge in [0.1, 0.15) is 29.1 Å². The standard InChI is InChI=1S/C26H43N5O7/c1-9-18(28-23(34)37-25(3,4)5)21-29-30-22(36-21)19(11-10-16(2)32)27-20(33)17-12-14-31(15-13-17)24(35)38-26(6,7)8/h17-19H,9-15H2,1-8H3,(H,27,33)(H,28,34)/t18-,19-/m0/s1. The minimum atomic E-state index is -0.671. The molecule has 0 unspecified atom stereocenters. The molecule has 12 nitrogen and oxygen atoms in total. The van der Waals surface area contributed by atoms with E-state index in [1.165, 1.54) is 6.92 Å². The van der Waals surface area contributed by atoms with Crippen LogP contribution in [0, 0.1) is 5.92 Å². The summed E-state index contributed by atoms with van der Waals surface area (Å²) in [6.07, 6.45) is 0.946. The Morgan fingerprint density at radius 3 is 2.00 bits per heavy atom. The number of aromatic nitrogens is 2. The molecule has 0 aromatic carbocycles. The maximum Gasteiger partial charge on any atom is 0.410 e. The number of hydrogen-bond donors (Lipinski definition) is 2. The average molecular weight is 538 g/mol. The van der Waals surface area contributed by atoms with Gasteiger partial charge in [-0.2, -0.15) is 0 Å². The first-order valence-electron chi connectivity index (χ1n) is 13.2. The van der Waals surface area contributed by atoms with Crippen molar-refractivity contribution in [3.63, 3.8) is 0 Å². The van der Waals surface area contributed by atoms with Crippen LogP contribution in [0.25, 0.3) is 0 Å². The quantitative estimate of drug-likeness (QED) is 0.471. The summed E-state index contributed by atoms with van der Waals surface area (Å²) < 4.78 is 16.6. The van der Waals surface area contributed by atoms with E-state index in [4.69, 9.17) is 13.9 Å². The van der Waals surface area contributed by atoms with Gasteiger partial charge in [-0.05, 0) is 74.1 Å². The summed E-state index contributed by atoms with van der Waals surface area (Å²) >= 11 is 0. The number of hydrogen-bond acceptors (Lipinski definition) is 9. The molecule has 2 rings (SSSR count). The van der Waals surface area contributed by atoms with Gasteiger partial charge in [0.05, 0.1) is 0 Å². The van der Waals surface area contributed by atoms with Crippen LogP contribution in [0.1, 0.15) is 111 Å². The zero-order valence-electron chi connectivity index (χ0n) is 23.9. The number of nitrogens with one attached hydrogen (secondary N) is 2. The molecule has 0 aliphatic carbocycles. The number of ether oxygens (including phenoxy) is 2. The van der Waals surface area contributed by atoms with Gasteiger partial charge in [-0.3, -0.25) is 4.79 Å². The Kier molecular flexibility index (Phi) is 10.7. The second-order valence-corrected chi connectivity index (χ2v) is 11.6. The average Bonchev–Trinajstić information content (AvgIpc) is 3.27. The zero-order valence-corrected chi connectivity index (χ0v) is 23.9. The van der Waals surface area contributed by atoms with Crippen molar-refractivity contribution in [3.8, 4) is 0 Å². The molecule has 1 aromatic rings. The van der Waals surface area contributed by atoms with Gasteiger partial charge in [0.15, 0.2) is 0 Å². The van der Waals surface area contributed by atoms with Crippen molar-refractivity contribution in [2.24, 2.45) is 5.92 Å². The van der Waals surface area contributed by atoms with E-state index in [-0.39, 0.29) is 48.3 Å². The molecule has 1 aliphatic rings. The van der Waals surface area contributed by atoms with Crippen LogP contribution in [-0.2, 0) is 19.1 Å². The summed E-state index contributed by atoms with van der Waals surface area (Å²) in [5.74, 6) is -0.215. The number of likely N-dealkylation sites (tertiary alicyclic amines) is 1. The molecule has 0 spiro atoms. The third kappa shape index (κ3) is 10.3. The topological polar surface area (TPSA) is 153 Å². The molecule has 1 aliphatic heterocycles. The van der Waals surface area contributed by atoms with Crippen molar-refractivity contribution in [2.75, 3.05) is 13.1 Å². The summed E-state index contributed by atoms with van der Waals surface area (Å²) in [7, 11) is 0. The van der Waals surface area contributed by atoms with Gasteiger partial charge < -0.3 is 34.2 Å². The molecule has 214 valence electrons. The summed E-state index contributed by atoms with van der Waals surface area (Å²) in [4.78, 5) is 50.9. The lowest BCUT2D eigenvalue weighted by Crippen LogP contribution is -2.45. The van der Waals surface area contributed by atoms with Crippen LogP contribution >= 0.6 is 0 Å². The van der Waals surface area contributed by atoms with Crippen molar-refractivity contribution in [2.45, 2.75) is 111 Å². The molecular formula is C26H43N5O7. The zero-order chi connectivity index (χ0) is 28.7. The highest BCUT2D eigenvalue weighted by Crippen LogP contribution is 2.25. The van der Waals surface area contributed by atoms with Gasteiger partial charge in [0, 0.05) is 25.4 Å². The van der Waals surface area contributed by atoms with E-state index >= 15 is 0 Å². The van der Waals surface area contributed by atoms with E-state index in [1.54, 1.807) is 25.7 Å². The molecule has 0 bridgehead atoms. The molecule has 1 saturated heterocycles. The van der Waals surface area contributed by atoms with Crippen molar-refractivity contribution in [1.29, 1.82) is 0 Å². The summed E-state index contributed by atoms with van der Waals surface area (Å²) in [6, 6.07) is -1.25. The third-order valence-corrected chi connectivity index (χ3v) is 5.77. The van der Waals surface area contributed by atoms with Crippen molar-refractivity contribution < 1.29 is 33.1 Å². The predicted octanol–water partition coefficient (Wildman–Crippen LogP) is 4.22. The Bertz CT molecular complexity index is 971. The lowest BCUT2D eigenvalue weighted by molar-refractivity contribution is -0.127. The van der Waals surface area contributed by atoms with E-state index in [0.717, 1.165) is 0 Å². The molecule has 38 heavy (non-hydrogen) atoms. The Morgan fingerprint density at radius 1 is 0.947 bits per heavy atom. The Hall–Kier alpha value is -3.18. The van der Waals surface area contributed by atoms with Gasteiger partial charge >= 0.3 is 12.2 Å². The van der Waals surface area contributed by atoms with Gasteiger partial charge in [0.25, 0.3) is 0 Å². The number of alkyl carbamates (subject to hydrolysis) is 1. The molecule has 2 atom stereocenters. The number of rotatable bonds is 9. The minimum Gasteiger partial charge on any atom is -0.444 e. The monoisotopic (exact) mass is 537 g/mol. The number of carbonyl (C=O) groups is 4. The summed E-state index contributed by atoms with van der Waals surface area (Å²) in [5, 5.41) is 13.9. The lowest BCUT2D eigenvalue weighted by Gasteiger charge is -2.33. The fourth-order valence-electron chi connectivity index (χ4n) is 3.86. The van der Waals surface area contributed by atoms with E-state index < -0.39 is 29.4 Å². The molecule has 3 amide bonds. The number of amides is 3. The van der Waals surface area contributed by atoms with Gasteiger partial charge in [-0.15, -0.1) is 10.2 Å². The third-order valence-electron chi connectivity index (χ3n) is 5.77. The van der Waals surface area contributed by atoms with Gasteiger partial charge in [0.2, 0.25) is 17.7 Å². The fraction of sp³-hybridized carbons (Fsp3) is 0.769. The minimum absolute atomic E-state index is 0.0346. The van der Waals surface area contributed by atoms with E-state index in [2.05, 4.69) is 20.8 Å². The van der Waals surface area contributed by atoms with Crippen molar-refractivity contribution in [3.05, 3.63) is 11.8 Å². The Morgan fingerprint density at radius 2 is 1.50 bits per heavy atom. The van der Waals surface area contributed by atoms with Crippen LogP contribution in [0.2, 0.25) is 0 Å². The highest BCUT2D eigenvalue weighted by Gasteiger charge is 2.32. The smallest absolute Gasteiger partial charge is 0.410 e. The number of ketones is 1. The Balaban J connectivity index is 2.05. The van der Waals surface area contributed by atoms with E-state index in [0.29, 0.717) is 32.4 Å². The highest BCUT2D eigenvalue weighted by molar-refractivity contribution is 5.80. The van der Waals surface area contributed by atoms with E-state index in [9.17, 15) is 19.2 Å². The van der Waals surface area contributed by atoms with Gasteiger partial charge in [-0.1, -0.05) is 6.92 Å². The Labute approximate surface area is 224 Å². The number of Topliss-reactive ketones (excluding diaryl/α,β-unsaturated/α-hetero) is 1. The highest BCUT2D eigenvalue weighted by atomic mass is 16.6. The molecular weight excluding hydrogens is 494 g/mol. The molecule has 2 heterocycles. The molecule has 0 radical (unpaired) electrons. The van der Waals surface area contributed by atoms with Crippen LogP contribution in [0.3, 0.4) is 0 Å². The van der Waals surface area contributed by atoms with Crippen molar-refractivity contribution in [1.82, 2.24) is 25.7 Å². The summed E-state index contributed by atoms with van der Waals surface area (Å²) in [6.45, 7) is 14.9. The number of nitrogens with zero attached hydrogens (tertiary/aromatic N) is 3. The first kappa shape index (κ1) is 31.0. The predicted molar refractivity (Wildman–Crippen MR) is 138 cm³/mol. The summed E-state index contributed by atoms with van der Waals surface area (Å²) in [5.41, 5.74) is -1.25. The van der Waals surface area contributed by atoms with E-state index in [1.807, 2.05) is 27.7 Å². The van der Waals surface area contributed by atoms with Crippen LogP contribution in [0.5, 0.6) is 0 Å².